The zero-order chi connectivity index (χ0) is 16.3. The quantitative estimate of drug-likeness (QED) is 0.829. The molecule has 4 atom stereocenters. The Morgan fingerprint density at radius 2 is 1.74 bits per heavy atom. The number of hydrogen-bond donors (Lipinski definition) is 1. The molecule has 0 unspecified atom stereocenters. The molecule has 0 bridgehead atoms. The molecule has 1 N–H and O–H groups in total. The van der Waals surface area contributed by atoms with E-state index in [0.29, 0.717) is 6.42 Å². The Labute approximate surface area is 137 Å². The molecule has 118 valence electrons. The van der Waals surface area contributed by atoms with Crippen molar-refractivity contribution in [1.29, 1.82) is 5.26 Å². The van der Waals surface area contributed by atoms with Crippen molar-refractivity contribution in [3.63, 3.8) is 0 Å². The van der Waals surface area contributed by atoms with Crippen LogP contribution >= 0.6 is 0 Å². The van der Waals surface area contributed by atoms with Gasteiger partial charge >= 0.3 is 0 Å². The van der Waals surface area contributed by atoms with Crippen molar-refractivity contribution in [3.05, 3.63) is 71.8 Å². The maximum absolute atomic E-state index is 10.9. The van der Waals surface area contributed by atoms with Crippen LogP contribution in [0.25, 0.3) is 0 Å². The van der Waals surface area contributed by atoms with Crippen LogP contribution in [0.2, 0.25) is 0 Å². The van der Waals surface area contributed by atoms with Crippen molar-refractivity contribution in [2.24, 2.45) is 5.92 Å². The van der Waals surface area contributed by atoms with Crippen molar-refractivity contribution < 1.29 is 9.84 Å². The fourth-order valence-corrected chi connectivity index (χ4v) is 3.09. The molecule has 0 radical (unpaired) electrons. The van der Waals surface area contributed by atoms with Crippen LogP contribution < -0.4 is 0 Å². The van der Waals surface area contributed by atoms with Gasteiger partial charge in [0.05, 0.1) is 12.0 Å². The number of aryl methyl sites for hydroxylation is 1. The molecule has 0 saturated carbocycles. The molecular weight excluding hydrogens is 286 g/mol. The van der Waals surface area contributed by atoms with Gasteiger partial charge in [0.15, 0.2) is 0 Å². The average Bonchev–Trinajstić information content (AvgIpc) is 3.38. The highest BCUT2D eigenvalue weighted by Gasteiger charge is 2.55. The molecule has 0 aliphatic carbocycles. The van der Waals surface area contributed by atoms with Gasteiger partial charge in [-0.2, -0.15) is 5.26 Å². The topological polar surface area (TPSA) is 56.5 Å². The highest BCUT2D eigenvalue weighted by Crippen LogP contribution is 2.48. The molecule has 0 amide bonds. The molecule has 1 heterocycles. The maximum atomic E-state index is 10.9. The minimum atomic E-state index is -1.15. The summed E-state index contributed by atoms with van der Waals surface area (Å²) in [6.07, 6.45) is 0.969. The van der Waals surface area contributed by atoms with Crippen molar-refractivity contribution in [1.82, 2.24) is 0 Å². The summed E-state index contributed by atoms with van der Waals surface area (Å²) in [5, 5.41) is 20.4. The Morgan fingerprint density at radius 1 is 1.13 bits per heavy atom. The lowest BCUT2D eigenvalue weighted by Crippen LogP contribution is -2.40. The lowest BCUT2D eigenvalue weighted by molar-refractivity contribution is -0.00839. The third-order valence-electron chi connectivity index (χ3n) is 4.62. The monoisotopic (exact) mass is 307 g/mol. The molecule has 0 aromatic heterocycles. The Morgan fingerprint density at radius 3 is 2.35 bits per heavy atom. The Balaban J connectivity index is 1.65. The number of benzene rings is 2. The SMILES string of the molecule is C[C@@](O)([C@H](C#N)CCc1ccccc1)[C@H]1O[C@@H]1c1ccccc1. The number of epoxide rings is 1. The van der Waals surface area contributed by atoms with E-state index >= 15 is 0 Å². The van der Waals surface area contributed by atoms with Crippen molar-refractivity contribution in [2.45, 2.75) is 37.6 Å². The fraction of sp³-hybridized carbons (Fsp3) is 0.350. The predicted molar refractivity (Wildman–Crippen MR) is 88.5 cm³/mol. The standard InChI is InChI=1S/C20H21NO2/c1-20(22,19-18(23-19)16-10-6-3-7-11-16)17(14-21)13-12-15-8-4-2-5-9-15/h2-11,17-19,22H,12-13H2,1H3/t17-,18+,19-,20+/m0/s1. The number of ether oxygens (including phenoxy) is 1. The molecular formula is C20H21NO2. The second-order valence-electron chi connectivity index (χ2n) is 6.32. The first-order chi connectivity index (χ1) is 11.1. The summed E-state index contributed by atoms with van der Waals surface area (Å²) in [6.45, 7) is 1.72. The minimum Gasteiger partial charge on any atom is -0.386 e. The van der Waals surface area contributed by atoms with E-state index in [0.717, 1.165) is 12.0 Å². The van der Waals surface area contributed by atoms with Gasteiger partial charge < -0.3 is 9.84 Å². The van der Waals surface area contributed by atoms with Gasteiger partial charge in [0.1, 0.15) is 17.8 Å². The molecule has 3 nitrogen and oxygen atoms in total. The third-order valence-corrected chi connectivity index (χ3v) is 4.62. The first-order valence-electron chi connectivity index (χ1n) is 7.99. The van der Waals surface area contributed by atoms with Crippen LogP contribution in [0.5, 0.6) is 0 Å². The molecule has 1 aliphatic heterocycles. The van der Waals surface area contributed by atoms with Crippen LogP contribution in [0.15, 0.2) is 60.7 Å². The number of hydrogen-bond acceptors (Lipinski definition) is 3. The van der Waals surface area contributed by atoms with Crippen LogP contribution in [0.3, 0.4) is 0 Å². The first kappa shape index (κ1) is 15.7. The summed E-state index contributed by atoms with van der Waals surface area (Å²) in [7, 11) is 0. The average molecular weight is 307 g/mol. The number of rotatable bonds is 6. The van der Waals surface area contributed by atoms with Gasteiger partial charge in [0.2, 0.25) is 0 Å². The summed E-state index contributed by atoms with van der Waals surface area (Å²) in [6, 6.07) is 22.2. The van der Waals surface area contributed by atoms with E-state index < -0.39 is 11.5 Å². The van der Waals surface area contributed by atoms with Gasteiger partial charge in [0, 0.05) is 0 Å². The molecule has 0 spiro atoms. The Kier molecular flexibility index (Phi) is 4.47. The predicted octanol–water partition coefficient (Wildman–Crippen LogP) is 3.65. The fourth-order valence-electron chi connectivity index (χ4n) is 3.09. The second-order valence-corrected chi connectivity index (χ2v) is 6.32. The maximum Gasteiger partial charge on any atom is 0.118 e. The number of nitrogens with zero attached hydrogens (tertiary/aromatic N) is 1. The molecule has 2 aromatic rings. The van der Waals surface area contributed by atoms with E-state index in [4.69, 9.17) is 4.74 Å². The van der Waals surface area contributed by atoms with E-state index in [-0.39, 0.29) is 12.2 Å². The lowest BCUT2D eigenvalue weighted by Gasteiger charge is -2.27. The molecule has 3 rings (SSSR count). The van der Waals surface area contributed by atoms with Gasteiger partial charge in [0.25, 0.3) is 0 Å². The van der Waals surface area contributed by atoms with Gasteiger partial charge in [-0.3, -0.25) is 0 Å². The van der Waals surface area contributed by atoms with Crippen molar-refractivity contribution in [3.8, 4) is 6.07 Å². The van der Waals surface area contributed by atoms with E-state index in [1.165, 1.54) is 5.56 Å². The van der Waals surface area contributed by atoms with Crippen molar-refractivity contribution >= 4 is 0 Å². The number of nitriles is 1. The summed E-state index contributed by atoms with van der Waals surface area (Å²) < 4.78 is 5.70. The molecule has 1 saturated heterocycles. The Bertz CT molecular complexity index is 676. The summed E-state index contributed by atoms with van der Waals surface area (Å²) >= 11 is 0. The van der Waals surface area contributed by atoms with E-state index in [2.05, 4.69) is 6.07 Å². The van der Waals surface area contributed by atoms with Crippen molar-refractivity contribution in [2.75, 3.05) is 0 Å². The van der Waals surface area contributed by atoms with Gasteiger partial charge in [-0.05, 0) is 30.9 Å². The van der Waals surface area contributed by atoms with Crippen LogP contribution in [0.4, 0.5) is 0 Å². The first-order valence-corrected chi connectivity index (χ1v) is 7.99. The minimum absolute atomic E-state index is 0.112. The summed E-state index contributed by atoms with van der Waals surface area (Å²) in [4.78, 5) is 0. The van der Waals surface area contributed by atoms with Crippen LogP contribution in [-0.4, -0.2) is 16.8 Å². The van der Waals surface area contributed by atoms with E-state index in [1.807, 2.05) is 60.7 Å². The second kappa shape index (κ2) is 6.54. The Hall–Kier alpha value is -2.15. The van der Waals surface area contributed by atoms with Gasteiger partial charge in [-0.1, -0.05) is 60.7 Å². The number of aliphatic hydroxyl groups is 1. The molecule has 23 heavy (non-hydrogen) atoms. The summed E-state index contributed by atoms with van der Waals surface area (Å²) in [5.74, 6) is -0.457. The molecule has 2 aromatic carbocycles. The zero-order valence-electron chi connectivity index (χ0n) is 13.2. The molecule has 1 fully saturated rings. The smallest absolute Gasteiger partial charge is 0.118 e. The summed E-state index contributed by atoms with van der Waals surface area (Å²) in [5.41, 5.74) is 1.08. The zero-order valence-corrected chi connectivity index (χ0v) is 13.2. The van der Waals surface area contributed by atoms with Crippen LogP contribution in [0, 0.1) is 17.2 Å². The van der Waals surface area contributed by atoms with E-state index in [1.54, 1.807) is 6.92 Å². The third kappa shape index (κ3) is 3.44. The lowest BCUT2D eigenvalue weighted by atomic mass is 9.81. The van der Waals surface area contributed by atoms with Crippen LogP contribution in [0.1, 0.15) is 30.6 Å². The normalized spacial score (nSPS) is 23.5. The largest absolute Gasteiger partial charge is 0.386 e. The highest BCUT2D eigenvalue weighted by molar-refractivity contribution is 5.25. The van der Waals surface area contributed by atoms with Gasteiger partial charge in [-0.15, -0.1) is 0 Å². The van der Waals surface area contributed by atoms with Gasteiger partial charge in [-0.25, -0.2) is 0 Å². The van der Waals surface area contributed by atoms with Crippen LogP contribution in [-0.2, 0) is 11.2 Å². The van der Waals surface area contributed by atoms with E-state index in [9.17, 15) is 10.4 Å². The molecule has 1 aliphatic rings. The molecule has 3 heteroatoms. The highest BCUT2D eigenvalue weighted by atomic mass is 16.6.